The van der Waals surface area contributed by atoms with Crippen molar-refractivity contribution in [1.82, 2.24) is 0 Å². The first-order valence-electron chi connectivity index (χ1n) is 8.15. The van der Waals surface area contributed by atoms with Crippen LogP contribution >= 0.6 is 0 Å². The van der Waals surface area contributed by atoms with Gasteiger partial charge >= 0.3 is 5.97 Å². The zero-order valence-electron chi connectivity index (χ0n) is 13.1. The monoisotopic (exact) mass is 288 g/mol. The fraction of sp³-hybridized carbons (Fsp3) is 0.611. The van der Waals surface area contributed by atoms with Gasteiger partial charge in [-0.25, -0.2) is 0 Å². The molecule has 0 aromatic heterocycles. The summed E-state index contributed by atoms with van der Waals surface area (Å²) in [6, 6.07) is 10.1. The number of carbonyl (C=O) groups is 1. The number of piperidine rings is 1. The smallest absolute Gasteiger partial charge is 0.317 e. The molecule has 0 unspecified atom stereocenters. The van der Waals surface area contributed by atoms with Gasteiger partial charge in [-0.3, -0.25) is 4.79 Å². The molecule has 1 heterocycles. The highest BCUT2D eigenvalue weighted by Crippen LogP contribution is 2.50. The summed E-state index contributed by atoms with van der Waals surface area (Å²) in [6.45, 7) is 6.47. The Bertz CT molecular complexity index is 499. The second kappa shape index (κ2) is 5.45. The van der Waals surface area contributed by atoms with Crippen LogP contribution in [0.3, 0.4) is 0 Å². The largest absolute Gasteiger partial charge is 0.459 e. The van der Waals surface area contributed by atoms with Crippen molar-refractivity contribution in [3.63, 3.8) is 0 Å². The molecule has 114 valence electrons. The quantitative estimate of drug-likeness (QED) is 0.861. The summed E-state index contributed by atoms with van der Waals surface area (Å²) >= 11 is 0. The number of ether oxygens (including phenoxy) is 1. The molecule has 3 rings (SSSR count). The van der Waals surface area contributed by atoms with Gasteiger partial charge in [-0.2, -0.15) is 0 Å². The molecule has 21 heavy (non-hydrogen) atoms. The van der Waals surface area contributed by atoms with E-state index in [0.717, 1.165) is 44.3 Å². The third kappa shape index (κ3) is 2.84. The average molecular weight is 288 g/mol. The van der Waals surface area contributed by atoms with Gasteiger partial charge in [0.15, 0.2) is 0 Å². The first-order chi connectivity index (χ1) is 10.0. The number of hydrogen-bond acceptors (Lipinski definition) is 2. The highest BCUT2D eigenvalue weighted by molar-refractivity contribution is 5.86. The summed E-state index contributed by atoms with van der Waals surface area (Å²) in [6.07, 6.45) is 4.12. The standard InChI is InChI=1S/C18H25NO2/c1-17(2,14-8-12-19-13-9-14)21-16(20)18(10-11-18)15-6-4-3-5-7-15/h3-7,14,19H,8-13H2,1-2H3/p+1. The number of nitrogens with two attached hydrogens (primary N) is 1. The Hall–Kier alpha value is -1.35. The SMILES string of the molecule is CC(C)(OC(=O)C1(c2ccccc2)CC1)C1CC[NH2+]CC1. The molecule has 1 aliphatic heterocycles. The fourth-order valence-electron chi connectivity index (χ4n) is 3.53. The van der Waals surface area contributed by atoms with Crippen LogP contribution in [0.15, 0.2) is 30.3 Å². The number of hydrogen-bond donors (Lipinski definition) is 1. The molecule has 0 atom stereocenters. The van der Waals surface area contributed by atoms with E-state index in [0.29, 0.717) is 5.92 Å². The van der Waals surface area contributed by atoms with Gasteiger partial charge in [0.25, 0.3) is 0 Å². The van der Waals surface area contributed by atoms with Crippen molar-refractivity contribution in [2.75, 3.05) is 13.1 Å². The predicted molar refractivity (Wildman–Crippen MR) is 81.9 cm³/mol. The van der Waals surface area contributed by atoms with Gasteiger partial charge in [-0.05, 0) is 32.3 Å². The number of benzene rings is 1. The van der Waals surface area contributed by atoms with E-state index in [-0.39, 0.29) is 17.0 Å². The Morgan fingerprint density at radius 2 is 1.81 bits per heavy atom. The number of quaternary nitrogens is 1. The Labute approximate surface area is 127 Å². The van der Waals surface area contributed by atoms with Crippen LogP contribution in [0.2, 0.25) is 0 Å². The molecule has 1 saturated carbocycles. The first kappa shape index (κ1) is 14.6. The lowest BCUT2D eigenvalue weighted by Gasteiger charge is -2.36. The molecule has 1 aromatic carbocycles. The molecule has 1 aliphatic carbocycles. The normalized spacial score (nSPS) is 21.8. The maximum absolute atomic E-state index is 12.8. The van der Waals surface area contributed by atoms with Gasteiger partial charge in [-0.1, -0.05) is 30.3 Å². The van der Waals surface area contributed by atoms with Crippen LogP contribution in [-0.2, 0) is 14.9 Å². The van der Waals surface area contributed by atoms with E-state index in [4.69, 9.17) is 4.74 Å². The van der Waals surface area contributed by atoms with E-state index >= 15 is 0 Å². The number of esters is 1. The van der Waals surface area contributed by atoms with E-state index in [1.807, 2.05) is 18.2 Å². The van der Waals surface area contributed by atoms with Gasteiger partial charge in [0.2, 0.25) is 0 Å². The van der Waals surface area contributed by atoms with Crippen LogP contribution in [0, 0.1) is 5.92 Å². The van der Waals surface area contributed by atoms with Crippen molar-refractivity contribution in [2.45, 2.75) is 50.5 Å². The highest BCUT2D eigenvalue weighted by atomic mass is 16.6. The summed E-state index contributed by atoms with van der Waals surface area (Å²) in [4.78, 5) is 12.8. The molecule has 0 bridgehead atoms. The third-order valence-corrected chi connectivity index (χ3v) is 5.24. The number of rotatable bonds is 4. The maximum Gasteiger partial charge on any atom is 0.317 e. The van der Waals surface area contributed by atoms with Crippen LogP contribution in [0.5, 0.6) is 0 Å². The molecule has 1 saturated heterocycles. The third-order valence-electron chi connectivity index (χ3n) is 5.24. The molecule has 3 nitrogen and oxygen atoms in total. The maximum atomic E-state index is 12.8. The van der Waals surface area contributed by atoms with E-state index < -0.39 is 0 Å². The van der Waals surface area contributed by atoms with Gasteiger partial charge in [0.05, 0.1) is 18.5 Å². The summed E-state index contributed by atoms with van der Waals surface area (Å²) in [5.41, 5.74) is 0.400. The summed E-state index contributed by atoms with van der Waals surface area (Å²) in [5.74, 6) is 0.464. The van der Waals surface area contributed by atoms with Gasteiger partial charge in [-0.15, -0.1) is 0 Å². The van der Waals surface area contributed by atoms with Crippen LogP contribution in [0.1, 0.15) is 45.1 Å². The molecule has 2 aliphatic rings. The van der Waals surface area contributed by atoms with Crippen molar-refractivity contribution in [2.24, 2.45) is 5.92 Å². The summed E-state index contributed by atoms with van der Waals surface area (Å²) < 4.78 is 6.01. The highest BCUT2D eigenvalue weighted by Gasteiger charge is 2.54. The zero-order chi connectivity index (χ0) is 14.9. The molecule has 0 radical (unpaired) electrons. The number of carbonyl (C=O) groups excluding carboxylic acids is 1. The molecule has 0 spiro atoms. The second-order valence-corrected chi connectivity index (χ2v) is 7.08. The topological polar surface area (TPSA) is 42.9 Å². The van der Waals surface area contributed by atoms with Gasteiger partial charge in [0, 0.05) is 18.8 Å². The van der Waals surface area contributed by atoms with Crippen LogP contribution in [0.25, 0.3) is 0 Å². The van der Waals surface area contributed by atoms with Gasteiger partial charge in [0.1, 0.15) is 5.60 Å². The molecule has 2 fully saturated rings. The lowest BCUT2D eigenvalue weighted by Crippen LogP contribution is -2.86. The fourth-order valence-corrected chi connectivity index (χ4v) is 3.53. The molecule has 0 amide bonds. The lowest BCUT2D eigenvalue weighted by atomic mass is 9.83. The van der Waals surface area contributed by atoms with Crippen LogP contribution in [-0.4, -0.2) is 24.7 Å². The summed E-state index contributed by atoms with van der Waals surface area (Å²) in [5, 5.41) is 2.35. The van der Waals surface area contributed by atoms with Crippen molar-refractivity contribution in [1.29, 1.82) is 0 Å². The van der Waals surface area contributed by atoms with Crippen molar-refractivity contribution >= 4 is 5.97 Å². The lowest BCUT2D eigenvalue weighted by molar-refractivity contribution is -0.665. The average Bonchev–Trinajstić information content (AvgIpc) is 3.30. The van der Waals surface area contributed by atoms with E-state index in [1.165, 1.54) is 0 Å². The Kier molecular flexibility index (Phi) is 3.78. The van der Waals surface area contributed by atoms with E-state index in [2.05, 4.69) is 31.3 Å². The minimum absolute atomic E-state index is 0.0201. The summed E-state index contributed by atoms with van der Waals surface area (Å²) in [7, 11) is 0. The Morgan fingerprint density at radius 3 is 2.38 bits per heavy atom. The minimum Gasteiger partial charge on any atom is -0.459 e. The van der Waals surface area contributed by atoms with Crippen molar-refractivity contribution in [3.8, 4) is 0 Å². The predicted octanol–water partition coefficient (Wildman–Crippen LogP) is 2.01. The molecule has 2 N–H and O–H groups in total. The molecular formula is C18H26NO2+. The molecule has 1 aromatic rings. The second-order valence-electron chi connectivity index (χ2n) is 7.08. The Balaban J connectivity index is 1.71. The first-order valence-corrected chi connectivity index (χ1v) is 8.15. The van der Waals surface area contributed by atoms with Crippen LogP contribution in [0.4, 0.5) is 0 Å². The van der Waals surface area contributed by atoms with E-state index in [9.17, 15) is 4.79 Å². The van der Waals surface area contributed by atoms with E-state index in [1.54, 1.807) is 0 Å². The zero-order valence-corrected chi connectivity index (χ0v) is 13.1. The Morgan fingerprint density at radius 1 is 1.19 bits per heavy atom. The van der Waals surface area contributed by atoms with Crippen molar-refractivity contribution < 1.29 is 14.8 Å². The minimum atomic E-state index is -0.362. The van der Waals surface area contributed by atoms with Crippen molar-refractivity contribution in [3.05, 3.63) is 35.9 Å². The van der Waals surface area contributed by atoms with Gasteiger partial charge < -0.3 is 10.1 Å². The van der Waals surface area contributed by atoms with Crippen LogP contribution < -0.4 is 5.32 Å². The molecular weight excluding hydrogens is 262 g/mol. The molecule has 3 heteroatoms.